The van der Waals surface area contributed by atoms with E-state index >= 15 is 0 Å². The first kappa shape index (κ1) is 17.7. The molecule has 4 heterocycles. The molecule has 2 spiro atoms. The zero-order valence-corrected chi connectivity index (χ0v) is 17.8. The maximum Gasteiger partial charge on any atom is 0.303 e. The van der Waals surface area contributed by atoms with E-state index in [0.717, 1.165) is 31.4 Å². The number of carbonyl (C=O) groups excluding carboxylic acids is 1. The van der Waals surface area contributed by atoms with Crippen molar-refractivity contribution in [2.45, 2.75) is 83.5 Å². The highest BCUT2D eigenvalue weighted by molar-refractivity contribution is 5.67. The molecule has 9 fully saturated rings. The van der Waals surface area contributed by atoms with Crippen LogP contribution in [0.5, 0.6) is 0 Å². The normalized spacial score (nSPS) is 63.3. The molecule has 1 N–H and O–H groups in total. The molecule has 9 rings (SSSR count). The lowest BCUT2D eigenvalue weighted by molar-refractivity contribution is -0.372. The van der Waals surface area contributed by atoms with Crippen molar-refractivity contribution in [1.82, 2.24) is 4.90 Å². The van der Waals surface area contributed by atoms with Crippen LogP contribution < -0.4 is 0 Å². The van der Waals surface area contributed by atoms with Gasteiger partial charge in [-0.1, -0.05) is 20.4 Å². The van der Waals surface area contributed by atoms with Crippen LogP contribution in [-0.4, -0.2) is 53.1 Å². The van der Waals surface area contributed by atoms with Gasteiger partial charge in [0, 0.05) is 35.1 Å². The van der Waals surface area contributed by atoms with Crippen LogP contribution in [0.2, 0.25) is 0 Å². The SMILES string of the molecule is C=C1[C@H]2C[C@@]3([C@@H]1OC(C)=O)[C@@H](C[C@@H]2O)[C@]12[C@@H]4CC[C@]5(C)[C@H]1C[C@H]3[C@H]2N(CC)[C@@H]5O4. The molecule has 4 aliphatic heterocycles. The van der Waals surface area contributed by atoms with Crippen LogP contribution in [0.1, 0.15) is 52.9 Å². The van der Waals surface area contributed by atoms with E-state index in [2.05, 4.69) is 25.3 Å². The monoisotopic (exact) mass is 399 g/mol. The number of carbonyl (C=O) groups is 1. The van der Waals surface area contributed by atoms with Gasteiger partial charge in [0.15, 0.2) is 0 Å². The summed E-state index contributed by atoms with van der Waals surface area (Å²) in [6.07, 6.45) is 5.35. The Labute approximate surface area is 172 Å². The van der Waals surface area contributed by atoms with Gasteiger partial charge in [-0.15, -0.1) is 0 Å². The van der Waals surface area contributed by atoms with Gasteiger partial charge in [-0.05, 0) is 62.0 Å². The second-order valence-electron chi connectivity index (χ2n) is 11.5. The van der Waals surface area contributed by atoms with E-state index in [9.17, 15) is 9.90 Å². The molecule has 4 saturated heterocycles. The van der Waals surface area contributed by atoms with E-state index in [1.807, 2.05) is 0 Å². The van der Waals surface area contributed by atoms with E-state index < -0.39 is 0 Å². The molecule has 9 aliphatic rings. The van der Waals surface area contributed by atoms with Crippen molar-refractivity contribution in [3.05, 3.63) is 12.2 Å². The van der Waals surface area contributed by atoms with Gasteiger partial charge < -0.3 is 14.6 Å². The summed E-state index contributed by atoms with van der Waals surface area (Å²) in [7, 11) is 0. The molecular weight excluding hydrogens is 366 g/mol. The minimum absolute atomic E-state index is 0.0552. The van der Waals surface area contributed by atoms with Gasteiger partial charge in [0.05, 0.1) is 12.2 Å². The molecule has 0 aromatic rings. The Kier molecular flexibility index (Phi) is 3.02. The zero-order valence-electron chi connectivity index (χ0n) is 17.8. The molecule has 5 heteroatoms. The Hall–Kier alpha value is -0.910. The number of esters is 1. The first-order valence-corrected chi connectivity index (χ1v) is 11.8. The number of aliphatic hydroxyl groups is 1. The minimum atomic E-state index is -0.366. The fraction of sp³-hybridized carbons (Fsp3) is 0.875. The van der Waals surface area contributed by atoms with Crippen LogP contribution >= 0.6 is 0 Å². The van der Waals surface area contributed by atoms with Crippen molar-refractivity contribution < 1.29 is 19.4 Å². The molecule has 5 saturated carbocycles. The average molecular weight is 400 g/mol. The molecule has 5 aliphatic carbocycles. The van der Waals surface area contributed by atoms with Gasteiger partial charge in [-0.25, -0.2) is 0 Å². The molecule has 0 aromatic carbocycles. The Morgan fingerprint density at radius 3 is 2.90 bits per heavy atom. The molecule has 5 nitrogen and oxygen atoms in total. The number of aliphatic hydroxyl groups excluding tert-OH is 1. The Bertz CT molecular complexity index is 843. The summed E-state index contributed by atoms with van der Waals surface area (Å²) in [5.74, 6) is 1.42. The number of hydrogen-bond donors (Lipinski definition) is 1. The van der Waals surface area contributed by atoms with Crippen LogP contribution in [0.4, 0.5) is 0 Å². The molecule has 0 aromatic heterocycles. The average Bonchev–Trinajstić information content (AvgIpc) is 3.22. The standard InChI is InChI=1S/C24H33NO4/c1-5-25-19-14-8-16-22(4)7-6-18(29-21(22)25)24(16,19)17-9-15(27)13-10-23(14,17)20(11(13)2)28-12(3)26/h13-21,27H,2,5-10H2,1,3-4H3/t13-,14+,15+,16-,17-,18+,19-,20-,21-,22-,23+,24+/m1/s1. The van der Waals surface area contributed by atoms with Crippen molar-refractivity contribution in [3.8, 4) is 0 Å². The van der Waals surface area contributed by atoms with E-state index in [4.69, 9.17) is 9.47 Å². The minimum Gasteiger partial charge on any atom is -0.457 e. The molecule has 12 atom stereocenters. The Morgan fingerprint density at radius 2 is 2.17 bits per heavy atom. The van der Waals surface area contributed by atoms with E-state index in [1.54, 1.807) is 0 Å². The smallest absolute Gasteiger partial charge is 0.303 e. The second kappa shape index (κ2) is 4.94. The van der Waals surface area contributed by atoms with Crippen LogP contribution in [0.3, 0.4) is 0 Å². The molecule has 0 unspecified atom stereocenters. The number of rotatable bonds is 2. The van der Waals surface area contributed by atoms with Gasteiger partial charge >= 0.3 is 5.97 Å². The van der Waals surface area contributed by atoms with E-state index in [1.165, 1.54) is 19.8 Å². The highest BCUT2D eigenvalue weighted by atomic mass is 16.5. The first-order chi connectivity index (χ1) is 13.8. The fourth-order valence-electron chi connectivity index (χ4n) is 10.8. The van der Waals surface area contributed by atoms with Crippen molar-refractivity contribution in [1.29, 1.82) is 0 Å². The third-order valence-corrected chi connectivity index (χ3v) is 11.2. The number of fused-ring (bicyclic) bond motifs is 2. The molecule has 0 radical (unpaired) electrons. The quantitative estimate of drug-likeness (QED) is 0.572. The van der Waals surface area contributed by atoms with Crippen molar-refractivity contribution in [2.75, 3.05) is 6.54 Å². The summed E-state index contributed by atoms with van der Waals surface area (Å²) in [5, 5.41) is 11.2. The number of hydrogen-bond acceptors (Lipinski definition) is 5. The third-order valence-electron chi connectivity index (χ3n) is 11.2. The Morgan fingerprint density at radius 1 is 1.38 bits per heavy atom. The van der Waals surface area contributed by atoms with E-state index in [0.29, 0.717) is 29.9 Å². The lowest BCUT2D eigenvalue weighted by Crippen LogP contribution is -2.78. The highest BCUT2D eigenvalue weighted by Crippen LogP contribution is 2.86. The van der Waals surface area contributed by atoms with Gasteiger partial charge in [0.1, 0.15) is 12.3 Å². The van der Waals surface area contributed by atoms with Crippen molar-refractivity contribution >= 4 is 5.97 Å². The van der Waals surface area contributed by atoms with Gasteiger partial charge in [0.25, 0.3) is 0 Å². The Balaban J connectivity index is 1.47. The van der Waals surface area contributed by atoms with Crippen LogP contribution in [-0.2, 0) is 14.3 Å². The van der Waals surface area contributed by atoms with Crippen LogP contribution in [0.25, 0.3) is 0 Å². The third kappa shape index (κ3) is 1.52. The molecule has 158 valence electrons. The second-order valence-corrected chi connectivity index (χ2v) is 11.5. The largest absolute Gasteiger partial charge is 0.457 e. The summed E-state index contributed by atoms with van der Waals surface area (Å²) >= 11 is 0. The maximum atomic E-state index is 12.1. The van der Waals surface area contributed by atoms with Crippen molar-refractivity contribution in [2.24, 2.45) is 39.9 Å². The van der Waals surface area contributed by atoms with Crippen LogP contribution in [0, 0.1) is 39.9 Å². The number of piperidine rings is 1. The zero-order chi connectivity index (χ0) is 20.1. The lowest BCUT2D eigenvalue weighted by atomic mass is 9.41. The molecule has 29 heavy (non-hydrogen) atoms. The summed E-state index contributed by atoms with van der Waals surface area (Å²) < 4.78 is 12.9. The number of ether oxygens (including phenoxy) is 2. The van der Waals surface area contributed by atoms with Crippen molar-refractivity contribution in [3.63, 3.8) is 0 Å². The highest BCUT2D eigenvalue weighted by Gasteiger charge is 2.89. The molecule has 9 bridgehead atoms. The summed E-state index contributed by atoms with van der Waals surface area (Å²) in [6, 6.07) is 0.509. The topological polar surface area (TPSA) is 59.0 Å². The van der Waals surface area contributed by atoms with Gasteiger partial charge in [0.2, 0.25) is 0 Å². The molecular formula is C24H33NO4. The predicted octanol–water partition coefficient (Wildman–Crippen LogP) is 2.73. The maximum absolute atomic E-state index is 12.1. The first-order valence-electron chi connectivity index (χ1n) is 11.8. The fourth-order valence-corrected chi connectivity index (χ4v) is 10.8. The summed E-state index contributed by atoms with van der Waals surface area (Å²) in [5.41, 5.74) is 1.24. The molecule has 0 amide bonds. The predicted molar refractivity (Wildman–Crippen MR) is 106 cm³/mol. The van der Waals surface area contributed by atoms with E-state index in [-0.39, 0.29) is 46.6 Å². The van der Waals surface area contributed by atoms with Gasteiger partial charge in [-0.3, -0.25) is 9.69 Å². The van der Waals surface area contributed by atoms with Crippen LogP contribution in [0.15, 0.2) is 12.2 Å². The summed E-state index contributed by atoms with van der Waals surface area (Å²) in [6.45, 7) is 11.7. The lowest BCUT2D eigenvalue weighted by Gasteiger charge is -2.73. The summed E-state index contributed by atoms with van der Waals surface area (Å²) in [4.78, 5) is 14.8. The van der Waals surface area contributed by atoms with Gasteiger partial charge in [-0.2, -0.15) is 0 Å². The number of nitrogens with zero attached hydrogens (tertiary/aromatic N) is 1.